The van der Waals surface area contributed by atoms with Crippen molar-refractivity contribution in [3.8, 4) is 0 Å². The number of carbonyl (C=O) groups excluding carboxylic acids is 4. The lowest BCUT2D eigenvalue weighted by Crippen LogP contribution is -2.42. The number of nitrogens with one attached hydrogen (secondary N) is 2. The molecule has 2 aromatic rings. The van der Waals surface area contributed by atoms with Crippen LogP contribution in [0.25, 0.3) is 0 Å². The van der Waals surface area contributed by atoms with Gasteiger partial charge in [0.1, 0.15) is 12.1 Å². The average molecular weight is 408 g/mol. The van der Waals surface area contributed by atoms with E-state index < -0.39 is 35.8 Å². The number of nitrogens with zero attached hydrogens (tertiary/aromatic N) is 1. The molecule has 0 radical (unpaired) electrons. The summed E-state index contributed by atoms with van der Waals surface area (Å²) in [6.07, 6.45) is 0. The third-order valence-corrected chi connectivity index (χ3v) is 5.18. The normalized spacial score (nSPS) is 18.5. The third kappa shape index (κ3) is 4.03. The van der Waals surface area contributed by atoms with E-state index in [1.54, 1.807) is 6.92 Å². The molecule has 0 aromatic heterocycles. The van der Waals surface area contributed by atoms with E-state index in [0.29, 0.717) is 22.7 Å². The van der Waals surface area contributed by atoms with Crippen LogP contribution in [-0.2, 0) is 15.1 Å². The van der Waals surface area contributed by atoms with Crippen LogP contribution in [0.4, 0.5) is 10.5 Å². The van der Waals surface area contributed by atoms with E-state index in [-0.39, 0.29) is 0 Å². The van der Waals surface area contributed by atoms with Crippen LogP contribution in [-0.4, -0.2) is 35.2 Å². The molecule has 1 fully saturated rings. The van der Waals surface area contributed by atoms with Gasteiger partial charge in [-0.2, -0.15) is 0 Å². The fourth-order valence-electron chi connectivity index (χ4n) is 3.30. The highest BCUT2D eigenvalue weighted by molar-refractivity contribution is 6.10. The van der Waals surface area contributed by atoms with Crippen molar-refractivity contribution in [2.45, 2.75) is 32.2 Å². The van der Waals surface area contributed by atoms with E-state index in [0.717, 1.165) is 10.5 Å². The summed E-state index contributed by atoms with van der Waals surface area (Å²) in [7, 11) is 0. The molecule has 8 heteroatoms. The number of hydrogen-bond donors (Lipinski definition) is 3. The molecule has 0 unspecified atom stereocenters. The molecule has 1 atom stereocenters. The van der Waals surface area contributed by atoms with Crippen molar-refractivity contribution in [3.63, 3.8) is 0 Å². The second-order valence-corrected chi connectivity index (χ2v) is 7.71. The topological polar surface area (TPSA) is 122 Å². The van der Waals surface area contributed by atoms with Crippen molar-refractivity contribution >= 4 is 29.4 Å². The molecule has 0 aliphatic carbocycles. The van der Waals surface area contributed by atoms with Crippen molar-refractivity contribution in [3.05, 3.63) is 65.2 Å². The zero-order chi connectivity index (χ0) is 22.1. The molecule has 1 saturated heterocycles. The fourth-order valence-corrected chi connectivity index (χ4v) is 3.30. The second-order valence-electron chi connectivity index (χ2n) is 7.71. The predicted molar refractivity (Wildman–Crippen MR) is 112 cm³/mol. The number of benzene rings is 2. The molecule has 5 amide bonds. The van der Waals surface area contributed by atoms with Gasteiger partial charge in [0.05, 0.1) is 0 Å². The summed E-state index contributed by atoms with van der Waals surface area (Å²) in [5.41, 5.74) is 6.44. The first-order valence-electron chi connectivity index (χ1n) is 9.56. The van der Waals surface area contributed by atoms with Crippen LogP contribution in [0, 0.1) is 0 Å². The molecule has 3 rings (SSSR count). The lowest BCUT2D eigenvalue weighted by molar-refractivity contribution is -0.133. The fraction of sp³-hybridized carbons (Fsp3) is 0.273. The third-order valence-electron chi connectivity index (χ3n) is 5.18. The predicted octanol–water partition coefficient (Wildman–Crippen LogP) is 2.31. The maximum Gasteiger partial charge on any atom is 0.325 e. The van der Waals surface area contributed by atoms with Crippen LogP contribution in [0.1, 0.15) is 48.2 Å². The van der Waals surface area contributed by atoms with Gasteiger partial charge in [-0.15, -0.1) is 0 Å². The number of nitrogens with two attached hydrogens (primary N) is 1. The quantitative estimate of drug-likeness (QED) is 0.635. The van der Waals surface area contributed by atoms with Gasteiger partial charge in [-0.05, 0) is 48.2 Å². The Bertz CT molecular complexity index is 999. The van der Waals surface area contributed by atoms with Crippen molar-refractivity contribution in [1.82, 2.24) is 10.2 Å². The summed E-state index contributed by atoms with van der Waals surface area (Å²) in [5.74, 6) is -1.26. The van der Waals surface area contributed by atoms with Crippen LogP contribution in [0.3, 0.4) is 0 Å². The molecule has 156 valence electrons. The first kappa shape index (κ1) is 21.0. The van der Waals surface area contributed by atoms with Crippen LogP contribution in [0.5, 0.6) is 0 Å². The van der Waals surface area contributed by atoms with Gasteiger partial charge in [-0.3, -0.25) is 19.3 Å². The Morgan fingerprint density at radius 3 is 2.20 bits per heavy atom. The molecular formula is C22H24N4O4. The lowest BCUT2D eigenvalue weighted by Gasteiger charge is -2.22. The molecule has 1 aliphatic rings. The van der Waals surface area contributed by atoms with Crippen molar-refractivity contribution in [2.75, 3.05) is 11.9 Å². The highest BCUT2D eigenvalue weighted by Gasteiger charge is 2.49. The van der Waals surface area contributed by atoms with Gasteiger partial charge in [0.2, 0.25) is 11.8 Å². The van der Waals surface area contributed by atoms with E-state index in [2.05, 4.69) is 24.5 Å². The Hall–Kier alpha value is -3.68. The maximum absolute atomic E-state index is 13.0. The molecule has 0 spiro atoms. The highest BCUT2D eigenvalue weighted by Crippen LogP contribution is 2.30. The molecular weight excluding hydrogens is 384 g/mol. The van der Waals surface area contributed by atoms with E-state index in [9.17, 15) is 19.2 Å². The minimum atomic E-state index is -1.24. The summed E-state index contributed by atoms with van der Waals surface area (Å²) in [6, 6.07) is 12.8. The second kappa shape index (κ2) is 7.98. The van der Waals surface area contributed by atoms with Crippen LogP contribution >= 0.6 is 0 Å². The van der Waals surface area contributed by atoms with Crippen LogP contribution in [0.15, 0.2) is 48.5 Å². The van der Waals surface area contributed by atoms with Gasteiger partial charge < -0.3 is 16.4 Å². The number of amides is 5. The SMILES string of the molecule is CC(C)c1ccc([C@]2(C)NC(=O)N(CC(=O)Nc3ccc(C(N)=O)cc3)C2=O)cc1. The number of urea groups is 1. The molecule has 1 heterocycles. The van der Waals surface area contributed by atoms with Crippen molar-refractivity contribution in [1.29, 1.82) is 0 Å². The van der Waals surface area contributed by atoms with E-state index >= 15 is 0 Å². The Morgan fingerprint density at radius 1 is 1.07 bits per heavy atom. The lowest BCUT2D eigenvalue weighted by atomic mass is 9.90. The minimum absolute atomic E-state index is 0.307. The number of hydrogen-bond acceptors (Lipinski definition) is 4. The number of anilines is 1. The van der Waals surface area contributed by atoms with Crippen molar-refractivity contribution < 1.29 is 19.2 Å². The van der Waals surface area contributed by atoms with Gasteiger partial charge in [0.15, 0.2) is 0 Å². The molecule has 1 aliphatic heterocycles. The molecule has 0 saturated carbocycles. The Labute approximate surface area is 174 Å². The zero-order valence-electron chi connectivity index (χ0n) is 17.1. The molecule has 8 nitrogen and oxygen atoms in total. The summed E-state index contributed by atoms with van der Waals surface area (Å²) in [6.45, 7) is 5.34. The highest BCUT2D eigenvalue weighted by atomic mass is 16.2. The minimum Gasteiger partial charge on any atom is -0.366 e. The van der Waals surface area contributed by atoms with Crippen LogP contribution in [0.2, 0.25) is 0 Å². The average Bonchev–Trinajstić information content (AvgIpc) is 2.92. The van der Waals surface area contributed by atoms with Gasteiger partial charge >= 0.3 is 6.03 Å². The summed E-state index contributed by atoms with van der Waals surface area (Å²) < 4.78 is 0. The van der Waals surface area contributed by atoms with Gasteiger partial charge in [-0.25, -0.2) is 4.79 Å². The Balaban J connectivity index is 1.71. The molecule has 0 bridgehead atoms. The number of carbonyl (C=O) groups is 4. The summed E-state index contributed by atoms with van der Waals surface area (Å²) in [5, 5.41) is 5.29. The number of imide groups is 1. The Morgan fingerprint density at radius 2 is 1.67 bits per heavy atom. The van der Waals surface area contributed by atoms with Crippen molar-refractivity contribution in [2.24, 2.45) is 5.73 Å². The zero-order valence-corrected chi connectivity index (χ0v) is 17.1. The molecule has 30 heavy (non-hydrogen) atoms. The monoisotopic (exact) mass is 408 g/mol. The van der Waals surface area contributed by atoms with E-state index in [4.69, 9.17) is 5.73 Å². The number of primary amides is 1. The Kier molecular flexibility index (Phi) is 5.60. The standard InChI is InChI=1S/C22H24N4O4/c1-13(2)14-4-8-16(9-5-14)22(3)20(29)26(21(30)25-22)12-18(27)24-17-10-6-15(7-11-17)19(23)28/h4-11,13H,12H2,1-3H3,(H2,23,28)(H,24,27)(H,25,30)/t22-/m0/s1. The number of rotatable bonds is 6. The summed E-state index contributed by atoms with van der Waals surface area (Å²) >= 11 is 0. The largest absolute Gasteiger partial charge is 0.366 e. The maximum atomic E-state index is 13.0. The first-order chi connectivity index (χ1) is 14.1. The smallest absolute Gasteiger partial charge is 0.325 e. The molecule has 2 aromatic carbocycles. The summed E-state index contributed by atoms with van der Waals surface area (Å²) in [4.78, 5) is 49.8. The van der Waals surface area contributed by atoms with E-state index in [1.165, 1.54) is 24.3 Å². The first-order valence-corrected chi connectivity index (χ1v) is 9.56. The van der Waals surface area contributed by atoms with Gasteiger partial charge in [0, 0.05) is 11.3 Å². The van der Waals surface area contributed by atoms with Crippen LogP contribution < -0.4 is 16.4 Å². The molecule has 4 N–H and O–H groups in total. The van der Waals surface area contributed by atoms with Gasteiger partial charge in [0.25, 0.3) is 5.91 Å². The van der Waals surface area contributed by atoms with E-state index in [1.807, 2.05) is 24.3 Å². The van der Waals surface area contributed by atoms with Gasteiger partial charge in [-0.1, -0.05) is 38.1 Å².